The van der Waals surface area contributed by atoms with E-state index in [0.717, 1.165) is 18.2 Å². The van der Waals surface area contributed by atoms with Gasteiger partial charge in [-0.1, -0.05) is 0 Å². The second kappa shape index (κ2) is 3.69. The zero-order chi connectivity index (χ0) is 10.1. The lowest BCUT2D eigenvalue weighted by atomic mass is 10.2. The van der Waals surface area contributed by atoms with Crippen LogP contribution in [0.2, 0.25) is 0 Å². The molecule has 0 radical (unpaired) electrons. The van der Waals surface area contributed by atoms with Crippen LogP contribution in [0.4, 0.5) is 23.3 Å². The van der Waals surface area contributed by atoms with Crippen molar-refractivity contribution in [2.45, 2.75) is 6.18 Å². The van der Waals surface area contributed by atoms with Crippen LogP contribution >= 0.6 is 22.6 Å². The quantitative estimate of drug-likeness (QED) is 0.475. The summed E-state index contributed by atoms with van der Waals surface area (Å²) < 4.78 is 48.3. The third-order valence-corrected chi connectivity index (χ3v) is 2.29. The Kier molecular flexibility index (Phi) is 2.99. The van der Waals surface area contributed by atoms with Crippen LogP contribution in [0.1, 0.15) is 5.56 Å². The van der Waals surface area contributed by atoms with Gasteiger partial charge in [0.25, 0.3) is 0 Å². The van der Waals surface area contributed by atoms with E-state index in [1.54, 1.807) is 22.6 Å². The zero-order valence-electron chi connectivity index (χ0n) is 6.12. The molecule has 1 aromatic carbocycles. The lowest BCUT2D eigenvalue weighted by Crippen LogP contribution is -2.05. The summed E-state index contributed by atoms with van der Waals surface area (Å²) in [5.41, 5.74) is 0.553. The topological polar surface area (TPSA) is 12.0 Å². The van der Waals surface area contributed by atoms with E-state index in [1.165, 1.54) is 5.54 Å². The summed E-state index contributed by atoms with van der Waals surface area (Å²) in [6, 6.07) is 2.75. The van der Waals surface area contributed by atoms with Crippen molar-refractivity contribution < 1.29 is 17.7 Å². The maximum Gasteiger partial charge on any atom is 0.416 e. The van der Waals surface area contributed by atoms with Crippen molar-refractivity contribution in [1.82, 2.24) is 0 Å². The van der Waals surface area contributed by atoms with Crippen molar-refractivity contribution >= 4 is 28.3 Å². The van der Waals surface area contributed by atoms with Crippen LogP contribution in [-0.2, 0) is 6.18 Å². The molecule has 0 saturated carbocycles. The highest BCUT2D eigenvalue weighted by Crippen LogP contribution is 2.32. The fourth-order valence-corrected chi connectivity index (χ4v) is 1.39. The average Bonchev–Trinajstić information content (AvgIpc) is 2.02. The number of anilines is 1. The summed E-state index contributed by atoms with van der Waals surface area (Å²) in [4.78, 5) is 0. The van der Waals surface area contributed by atoms with Gasteiger partial charge in [-0.2, -0.15) is 13.2 Å². The molecular formula is C7H4F4IN. The molecule has 1 rings (SSSR count). The number of rotatable bonds is 1. The number of benzene rings is 1. The molecule has 0 spiro atoms. The van der Waals surface area contributed by atoms with Gasteiger partial charge < -0.3 is 0 Å². The van der Waals surface area contributed by atoms with E-state index in [0.29, 0.717) is 0 Å². The minimum absolute atomic E-state index is 0.0357. The molecule has 0 aliphatic heterocycles. The zero-order valence-corrected chi connectivity index (χ0v) is 8.28. The number of hydrogen-bond donors (Lipinski definition) is 1. The molecular weight excluding hydrogens is 301 g/mol. The molecule has 0 atom stereocenters. The molecule has 0 saturated heterocycles. The maximum absolute atomic E-state index is 12.1. The molecule has 72 valence electrons. The van der Waals surface area contributed by atoms with Crippen LogP contribution in [0, 0.1) is 3.57 Å². The molecule has 1 nitrogen and oxygen atoms in total. The Hall–Kier alpha value is -0.530. The minimum Gasteiger partial charge on any atom is -0.223 e. The van der Waals surface area contributed by atoms with Crippen molar-refractivity contribution in [3.8, 4) is 0 Å². The second-order valence-electron chi connectivity index (χ2n) is 2.29. The van der Waals surface area contributed by atoms with Gasteiger partial charge in [0.1, 0.15) is 0 Å². The van der Waals surface area contributed by atoms with E-state index >= 15 is 0 Å². The summed E-state index contributed by atoms with van der Waals surface area (Å²) >= 11 is 1.62. The van der Waals surface area contributed by atoms with Crippen LogP contribution in [0.5, 0.6) is 0 Å². The summed E-state index contributed by atoms with van der Waals surface area (Å²) in [6.07, 6.45) is -4.38. The van der Waals surface area contributed by atoms with E-state index < -0.39 is 11.7 Å². The predicted octanol–water partition coefficient (Wildman–Crippen LogP) is 3.61. The number of hydrogen-bond acceptors (Lipinski definition) is 1. The Morgan fingerprint density at radius 3 is 2.23 bits per heavy atom. The lowest BCUT2D eigenvalue weighted by Gasteiger charge is -2.08. The Morgan fingerprint density at radius 1 is 1.23 bits per heavy atom. The van der Waals surface area contributed by atoms with Crippen LogP contribution in [0.3, 0.4) is 0 Å². The van der Waals surface area contributed by atoms with Gasteiger partial charge in [-0.25, -0.2) is 5.54 Å². The Labute approximate surface area is 85.2 Å². The standard InChI is InChI=1S/C7H4F4IN/c8-7(9,10)4-1-2-6(13-11)5(12)3-4/h1-3,13H. The van der Waals surface area contributed by atoms with Gasteiger partial charge in [0, 0.05) is 3.57 Å². The van der Waals surface area contributed by atoms with Crippen molar-refractivity contribution in [3.05, 3.63) is 27.3 Å². The molecule has 1 aromatic rings. The first-order valence-corrected chi connectivity index (χ1v) is 4.26. The lowest BCUT2D eigenvalue weighted by molar-refractivity contribution is -0.137. The largest absolute Gasteiger partial charge is 0.416 e. The average molecular weight is 305 g/mol. The van der Waals surface area contributed by atoms with Gasteiger partial charge in [-0.05, 0) is 40.8 Å². The highest BCUT2D eigenvalue weighted by molar-refractivity contribution is 14.1. The monoisotopic (exact) mass is 305 g/mol. The molecule has 1 N–H and O–H groups in total. The van der Waals surface area contributed by atoms with Crippen molar-refractivity contribution in [2.24, 2.45) is 0 Å². The van der Waals surface area contributed by atoms with Crippen LogP contribution in [-0.4, -0.2) is 0 Å². The second-order valence-corrected chi connectivity index (χ2v) is 3.45. The first-order valence-electron chi connectivity index (χ1n) is 3.18. The minimum atomic E-state index is -4.38. The summed E-state index contributed by atoms with van der Waals surface area (Å²) in [5, 5.41) is 0. The van der Waals surface area contributed by atoms with Gasteiger partial charge in [0.2, 0.25) is 0 Å². The van der Waals surface area contributed by atoms with E-state index in [9.17, 15) is 17.7 Å². The van der Waals surface area contributed by atoms with Gasteiger partial charge in [0.15, 0.2) is 0 Å². The van der Waals surface area contributed by atoms with Crippen LogP contribution < -0.4 is 5.54 Å². The molecule has 0 fully saturated rings. The van der Waals surface area contributed by atoms with E-state index in [-0.39, 0.29) is 9.26 Å². The first kappa shape index (κ1) is 10.6. The van der Waals surface area contributed by atoms with Crippen LogP contribution in [0.25, 0.3) is 0 Å². The third kappa shape index (κ3) is 2.45. The Bertz CT molecular complexity index is 310. The van der Waals surface area contributed by atoms with Gasteiger partial charge >= 0.3 is 6.18 Å². The highest BCUT2D eigenvalue weighted by atomic mass is 127. The predicted molar refractivity (Wildman–Crippen MR) is 48.9 cm³/mol. The van der Waals surface area contributed by atoms with Crippen LogP contribution in [0.15, 0.2) is 18.2 Å². The smallest absolute Gasteiger partial charge is 0.223 e. The SMILES string of the molecule is FNc1ccc(C(F)(F)F)cc1I. The fraction of sp³-hybridized carbons (Fsp3) is 0.143. The molecule has 0 aliphatic carbocycles. The molecule has 0 unspecified atom stereocenters. The number of nitrogens with one attached hydrogen (secondary N) is 1. The fourth-order valence-electron chi connectivity index (χ4n) is 0.768. The Morgan fingerprint density at radius 2 is 1.85 bits per heavy atom. The van der Waals surface area contributed by atoms with E-state index in [1.807, 2.05) is 0 Å². The number of halogens is 5. The Balaban J connectivity index is 3.10. The number of alkyl halides is 3. The molecule has 13 heavy (non-hydrogen) atoms. The molecule has 0 bridgehead atoms. The van der Waals surface area contributed by atoms with Crippen molar-refractivity contribution in [2.75, 3.05) is 5.54 Å². The first-order chi connectivity index (χ1) is 5.95. The summed E-state index contributed by atoms with van der Waals surface area (Å²) in [6.45, 7) is 0. The highest BCUT2D eigenvalue weighted by Gasteiger charge is 2.30. The molecule has 0 heterocycles. The normalized spacial score (nSPS) is 11.5. The van der Waals surface area contributed by atoms with Gasteiger partial charge in [0.05, 0.1) is 11.3 Å². The van der Waals surface area contributed by atoms with Gasteiger partial charge in [-0.15, -0.1) is 4.48 Å². The van der Waals surface area contributed by atoms with E-state index in [4.69, 9.17) is 0 Å². The summed E-state index contributed by atoms with van der Waals surface area (Å²) in [5.74, 6) is 0. The summed E-state index contributed by atoms with van der Waals surface area (Å²) in [7, 11) is 0. The molecule has 0 amide bonds. The van der Waals surface area contributed by atoms with E-state index in [2.05, 4.69) is 0 Å². The van der Waals surface area contributed by atoms with Gasteiger partial charge in [-0.3, -0.25) is 0 Å². The molecule has 6 heteroatoms. The van der Waals surface area contributed by atoms with Crippen molar-refractivity contribution in [3.63, 3.8) is 0 Å². The maximum atomic E-state index is 12.1. The van der Waals surface area contributed by atoms with Crippen molar-refractivity contribution in [1.29, 1.82) is 0 Å². The molecule has 0 aromatic heterocycles. The molecule has 0 aliphatic rings. The third-order valence-electron chi connectivity index (χ3n) is 1.40.